The Kier molecular flexibility index (Phi) is 7.74. The smallest absolute Gasteiger partial charge is 0.323 e. The van der Waals surface area contributed by atoms with Gasteiger partial charge in [0, 0.05) is 33.7 Å². The molecule has 0 fully saturated rings. The summed E-state index contributed by atoms with van der Waals surface area (Å²) in [6, 6.07) is -0.774. The molecule has 0 rings (SSSR count). The number of hydrogen-bond acceptors (Lipinski definition) is 3. The van der Waals surface area contributed by atoms with Crippen LogP contribution in [0.1, 0.15) is 0 Å². The van der Waals surface area contributed by atoms with Crippen molar-refractivity contribution in [3.05, 3.63) is 12.7 Å². The van der Waals surface area contributed by atoms with E-state index in [1.165, 1.54) is 11.0 Å². The Labute approximate surface area is 112 Å². The van der Waals surface area contributed by atoms with Gasteiger partial charge in [-0.15, -0.1) is 6.58 Å². The van der Waals surface area contributed by atoms with Gasteiger partial charge in [0.2, 0.25) is 0 Å². The molecular formula is C11H20N4O4. The SMILES string of the molecule is C=CCN(CC(=O)O)C(=O)NCCNC(=O)N(C)C. The van der Waals surface area contributed by atoms with Crippen molar-refractivity contribution in [2.75, 3.05) is 40.3 Å². The molecule has 0 aliphatic carbocycles. The number of urea groups is 2. The summed E-state index contributed by atoms with van der Waals surface area (Å²) in [5.74, 6) is -1.10. The fourth-order valence-corrected chi connectivity index (χ4v) is 1.15. The van der Waals surface area contributed by atoms with Gasteiger partial charge >= 0.3 is 18.0 Å². The number of carbonyl (C=O) groups excluding carboxylic acids is 2. The van der Waals surface area contributed by atoms with E-state index >= 15 is 0 Å². The van der Waals surface area contributed by atoms with Crippen LogP contribution in [0.3, 0.4) is 0 Å². The van der Waals surface area contributed by atoms with Gasteiger partial charge in [-0.1, -0.05) is 6.08 Å². The molecule has 0 heterocycles. The third-order valence-corrected chi connectivity index (χ3v) is 2.05. The third kappa shape index (κ3) is 7.63. The highest BCUT2D eigenvalue weighted by atomic mass is 16.4. The van der Waals surface area contributed by atoms with Crippen molar-refractivity contribution in [2.24, 2.45) is 0 Å². The summed E-state index contributed by atoms with van der Waals surface area (Å²) >= 11 is 0. The minimum Gasteiger partial charge on any atom is -0.480 e. The summed E-state index contributed by atoms with van der Waals surface area (Å²) in [5, 5.41) is 13.7. The molecule has 0 aromatic carbocycles. The van der Waals surface area contributed by atoms with Gasteiger partial charge in [0.15, 0.2) is 0 Å². The molecule has 0 aromatic heterocycles. The number of carboxylic acid groups (broad SMARTS) is 1. The van der Waals surface area contributed by atoms with Gasteiger partial charge < -0.3 is 25.5 Å². The molecule has 0 saturated heterocycles. The molecule has 0 unspecified atom stereocenters. The van der Waals surface area contributed by atoms with E-state index in [1.807, 2.05) is 0 Å². The van der Waals surface area contributed by atoms with Crippen molar-refractivity contribution in [1.82, 2.24) is 20.4 Å². The zero-order valence-corrected chi connectivity index (χ0v) is 11.2. The van der Waals surface area contributed by atoms with E-state index in [0.29, 0.717) is 0 Å². The van der Waals surface area contributed by atoms with E-state index in [0.717, 1.165) is 4.90 Å². The molecule has 4 amide bonds. The summed E-state index contributed by atoms with van der Waals surface area (Å²) in [5.41, 5.74) is 0. The van der Waals surface area contributed by atoms with Crippen LogP contribution in [-0.2, 0) is 4.79 Å². The lowest BCUT2D eigenvalue weighted by molar-refractivity contribution is -0.137. The molecule has 3 N–H and O–H groups in total. The van der Waals surface area contributed by atoms with Crippen molar-refractivity contribution in [1.29, 1.82) is 0 Å². The maximum absolute atomic E-state index is 11.6. The van der Waals surface area contributed by atoms with Gasteiger partial charge in [0.05, 0.1) is 0 Å². The lowest BCUT2D eigenvalue weighted by Gasteiger charge is -2.19. The molecule has 19 heavy (non-hydrogen) atoms. The first-order valence-corrected chi connectivity index (χ1v) is 5.69. The predicted molar refractivity (Wildman–Crippen MR) is 69.9 cm³/mol. The maximum Gasteiger partial charge on any atom is 0.323 e. The second-order valence-corrected chi connectivity index (χ2v) is 3.92. The minimum absolute atomic E-state index is 0.141. The predicted octanol–water partition coefficient (Wildman–Crippen LogP) is -0.460. The molecule has 8 nitrogen and oxygen atoms in total. The summed E-state index contributed by atoms with van der Waals surface area (Å²) in [7, 11) is 3.21. The van der Waals surface area contributed by atoms with Crippen LogP contribution in [0, 0.1) is 0 Å². The van der Waals surface area contributed by atoms with Crippen molar-refractivity contribution < 1.29 is 19.5 Å². The Bertz CT molecular complexity index is 344. The quantitative estimate of drug-likeness (QED) is 0.431. The molecule has 0 aromatic rings. The molecule has 0 aliphatic rings. The van der Waals surface area contributed by atoms with E-state index in [2.05, 4.69) is 17.2 Å². The topological polar surface area (TPSA) is 102 Å². The number of aliphatic carboxylic acids is 1. The van der Waals surface area contributed by atoms with Crippen molar-refractivity contribution in [3.63, 3.8) is 0 Å². The highest BCUT2D eigenvalue weighted by Gasteiger charge is 2.14. The molecule has 0 aliphatic heterocycles. The van der Waals surface area contributed by atoms with Crippen LogP contribution < -0.4 is 10.6 Å². The van der Waals surface area contributed by atoms with E-state index in [4.69, 9.17) is 5.11 Å². The molecule has 0 saturated carbocycles. The van der Waals surface area contributed by atoms with Crippen LogP contribution in [-0.4, -0.2) is 73.2 Å². The number of nitrogens with one attached hydrogen (secondary N) is 2. The fourth-order valence-electron chi connectivity index (χ4n) is 1.15. The molecule has 0 spiro atoms. The molecule has 0 radical (unpaired) electrons. The third-order valence-electron chi connectivity index (χ3n) is 2.05. The van der Waals surface area contributed by atoms with Crippen LogP contribution in [0.4, 0.5) is 9.59 Å². The number of amides is 4. The molecule has 8 heteroatoms. The first-order valence-electron chi connectivity index (χ1n) is 5.69. The average molecular weight is 272 g/mol. The first-order chi connectivity index (χ1) is 8.88. The Balaban J connectivity index is 4.02. The normalized spacial score (nSPS) is 9.37. The van der Waals surface area contributed by atoms with Crippen LogP contribution >= 0.6 is 0 Å². The van der Waals surface area contributed by atoms with Gasteiger partial charge in [0.25, 0.3) is 0 Å². The molecular weight excluding hydrogens is 252 g/mol. The molecule has 0 atom stereocenters. The van der Waals surface area contributed by atoms with Crippen molar-refractivity contribution >= 4 is 18.0 Å². The maximum atomic E-state index is 11.6. The Morgan fingerprint density at radius 2 is 1.68 bits per heavy atom. The van der Waals surface area contributed by atoms with Crippen molar-refractivity contribution in [2.45, 2.75) is 0 Å². The molecule has 108 valence electrons. The van der Waals surface area contributed by atoms with Gasteiger partial charge in [0.1, 0.15) is 6.54 Å². The Morgan fingerprint density at radius 1 is 1.16 bits per heavy atom. The number of carboxylic acids is 1. The van der Waals surface area contributed by atoms with Crippen LogP contribution in [0.2, 0.25) is 0 Å². The number of rotatable bonds is 7. The Morgan fingerprint density at radius 3 is 2.11 bits per heavy atom. The number of carbonyl (C=O) groups is 3. The number of hydrogen-bond donors (Lipinski definition) is 3. The highest BCUT2D eigenvalue weighted by molar-refractivity contribution is 5.80. The van der Waals surface area contributed by atoms with Crippen LogP contribution in [0.15, 0.2) is 12.7 Å². The summed E-state index contributed by atoms with van der Waals surface area (Å²) < 4.78 is 0. The van der Waals surface area contributed by atoms with E-state index in [-0.39, 0.29) is 25.7 Å². The highest BCUT2D eigenvalue weighted by Crippen LogP contribution is 1.90. The summed E-state index contributed by atoms with van der Waals surface area (Å²) in [6.07, 6.45) is 1.44. The van der Waals surface area contributed by atoms with E-state index < -0.39 is 18.5 Å². The van der Waals surface area contributed by atoms with Crippen LogP contribution in [0.5, 0.6) is 0 Å². The van der Waals surface area contributed by atoms with Gasteiger partial charge in [-0.3, -0.25) is 4.79 Å². The standard InChI is InChI=1S/C11H20N4O4/c1-4-7-15(8-9(16)17)11(19)13-6-5-12-10(18)14(2)3/h4H,1,5-8H2,2-3H3,(H,12,18)(H,13,19)(H,16,17). The van der Waals surface area contributed by atoms with Gasteiger partial charge in [-0.2, -0.15) is 0 Å². The number of nitrogens with zero attached hydrogens (tertiary/aromatic N) is 2. The average Bonchev–Trinajstić information content (AvgIpc) is 2.32. The van der Waals surface area contributed by atoms with Crippen molar-refractivity contribution in [3.8, 4) is 0 Å². The minimum atomic E-state index is -1.10. The second-order valence-electron chi connectivity index (χ2n) is 3.92. The fraction of sp³-hybridized carbons (Fsp3) is 0.545. The monoisotopic (exact) mass is 272 g/mol. The second kappa shape index (κ2) is 8.78. The van der Waals surface area contributed by atoms with Crippen LogP contribution in [0.25, 0.3) is 0 Å². The zero-order chi connectivity index (χ0) is 14.8. The lowest BCUT2D eigenvalue weighted by Crippen LogP contribution is -2.46. The zero-order valence-electron chi connectivity index (χ0n) is 11.2. The Hall–Kier alpha value is -2.25. The molecule has 0 bridgehead atoms. The summed E-state index contributed by atoms with van der Waals surface area (Å²) in [6.45, 7) is 3.67. The van der Waals surface area contributed by atoms with Gasteiger partial charge in [-0.05, 0) is 0 Å². The van der Waals surface area contributed by atoms with Gasteiger partial charge in [-0.25, -0.2) is 9.59 Å². The van der Waals surface area contributed by atoms with E-state index in [9.17, 15) is 14.4 Å². The first kappa shape index (κ1) is 16.8. The summed E-state index contributed by atoms with van der Waals surface area (Å²) in [4.78, 5) is 35.8. The van der Waals surface area contributed by atoms with E-state index in [1.54, 1.807) is 14.1 Å². The largest absolute Gasteiger partial charge is 0.480 e. The lowest BCUT2D eigenvalue weighted by atomic mass is 10.4.